The fourth-order valence-electron chi connectivity index (χ4n) is 3.89. The van der Waals surface area contributed by atoms with Gasteiger partial charge in [-0.3, -0.25) is 4.79 Å². The van der Waals surface area contributed by atoms with Crippen LogP contribution in [-0.2, 0) is 15.0 Å². The number of carboxylic acid groups (broad SMARTS) is 1. The third-order valence-electron chi connectivity index (χ3n) is 5.38. The molecule has 1 amide bonds. The number of hydrogen-bond acceptors (Lipinski definition) is 2. The van der Waals surface area contributed by atoms with Crippen LogP contribution in [0.1, 0.15) is 36.0 Å². The van der Waals surface area contributed by atoms with Gasteiger partial charge in [0.1, 0.15) is 11.5 Å². The molecule has 4 nitrogen and oxygen atoms in total. The van der Waals surface area contributed by atoms with Crippen molar-refractivity contribution in [2.24, 2.45) is 0 Å². The van der Waals surface area contributed by atoms with E-state index in [0.29, 0.717) is 12.8 Å². The summed E-state index contributed by atoms with van der Waals surface area (Å²) >= 11 is 0. The third-order valence-corrected chi connectivity index (χ3v) is 5.38. The van der Waals surface area contributed by atoms with Crippen molar-refractivity contribution in [3.63, 3.8) is 0 Å². The number of aliphatic carboxylic acids is 1. The molecule has 0 aromatic heterocycles. The van der Waals surface area contributed by atoms with Crippen LogP contribution in [0.5, 0.6) is 0 Å². The summed E-state index contributed by atoms with van der Waals surface area (Å²) in [4.78, 5) is 25.9. The number of carboxylic acids is 1. The molecule has 0 saturated carbocycles. The lowest BCUT2D eigenvalue weighted by atomic mass is 9.68. The second kappa shape index (κ2) is 10.3. The molecular formula is C27H25NO3. The molecule has 1 atom stereocenters. The maximum atomic E-state index is 14.0. The Morgan fingerprint density at radius 1 is 0.839 bits per heavy atom. The molecule has 3 rings (SSSR count). The first-order chi connectivity index (χ1) is 15.1. The molecule has 31 heavy (non-hydrogen) atoms. The molecule has 0 bridgehead atoms. The van der Waals surface area contributed by atoms with Crippen molar-refractivity contribution < 1.29 is 14.7 Å². The predicted octanol–water partition coefficient (Wildman–Crippen LogP) is 4.39. The molecule has 2 N–H and O–H groups in total. The molecule has 0 aliphatic heterocycles. The SMILES string of the molecule is C#CCCC[C@@H](NC(=O)C(c1ccccc1)(c1ccccc1)c1ccccc1)C(=O)O. The van der Waals surface area contributed by atoms with E-state index in [4.69, 9.17) is 6.42 Å². The van der Waals surface area contributed by atoms with E-state index in [-0.39, 0.29) is 12.3 Å². The lowest BCUT2D eigenvalue weighted by molar-refractivity contribution is -0.142. The second-order valence-electron chi connectivity index (χ2n) is 7.31. The van der Waals surface area contributed by atoms with Crippen molar-refractivity contribution in [2.45, 2.75) is 30.7 Å². The highest BCUT2D eigenvalue weighted by molar-refractivity contribution is 5.98. The summed E-state index contributed by atoms with van der Waals surface area (Å²) < 4.78 is 0. The number of carbonyl (C=O) groups is 2. The van der Waals surface area contributed by atoms with Crippen LogP contribution in [0.3, 0.4) is 0 Å². The second-order valence-corrected chi connectivity index (χ2v) is 7.31. The lowest BCUT2D eigenvalue weighted by Gasteiger charge is -2.35. The van der Waals surface area contributed by atoms with E-state index >= 15 is 0 Å². The van der Waals surface area contributed by atoms with Crippen LogP contribution in [0.2, 0.25) is 0 Å². The van der Waals surface area contributed by atoms with Gasteiger partial charge < -0.3 is 10.4 Å². The van der Waals surface area contributed by atoms with Gasteiger partial charge in [-0.1, -0.05) is 91.0 Å². The molecule has 0 heterocycles. The van der Waals surface area contributed by atoms with Gasteiger partial charge in [-0.2, -0.15) is 0 Å². The zero-order valence-corrected chi connectivity index (χ0v) is 17.2. The average Bonchev–Trinajstić information content (AvgIpc) is 2.81. The van der Waals surface area contributed by atoms with E-state index in [1.165, 1.54) is 0 Å². The van der Waals surface area contributed by atoms with Gasteiger partial charge in [-0.05, 0) is 29.5 Å². The van der Waals surface area contributed by atoms with E-state index in [1.54, 1.807) is 0 Å². The average molecular weight is 412 g/mol. The largest absolute Gasteiger partial charge is 0.480 e. The summed E-state index contributed by atoms with van der Waals surface area (Å²) in [5.41, 5.74) is 1.08. The van der Waals surface area contributed by atoms with Crippen LogP contribution in [0.25, 0.3) is 0 Å². The Bertz CT molecular complexity index is 943. The number of terminal acetylenes is 1. The molecule has 3 aromatic rings. The normalized spacial score (nSPS) is 11.8. The van der Waals surface area contributed by atoms with Crippen molar-refractivity contribution in [2.75, 3.05) is 0 Å². The van der Waals surface area contributed by atoms with Gasteiger partial charge in [-0.15, -0.1) is 12.3 Å². The maximum absolute atomic E-state index is 14.0. The summed E-state index contributed by atoms with van der Waals surface area (Å²) in [6.45, 7) is 0. The summed E-state index contributed by atoms with van der Waals surface area (Å²) in [5, 5.41) is 12.5. The summed E-state index contributed by atoms with van der Waals surface area (Å²) in [7, 11) is 0. The molecule has 0 radical (unpaired) electrons. The molecule has 4 heteroatoms. The number of rotatable bonds is 9. The van der Waals surface area contributed by atoms with Gasteiger partial charge in [0.15, 0.2) is 0 Å². The zero-order chi connectivity index (χ0) is 22.1. The first kappa shape index (κ1) is 21.9. The third kappa shape index (κ3) is 4.67. The van der Waals surface area contributed by atoms with Crippen molar-refractivity contribution in [3.8, 4) is 12.3 Å². The summed E-state index contributed by atoms with van der Waals surface area (Å²) in [6, 6.07) is 27.3. The highest BCUT2D eigenvalue weighted by Crippen LogP contribution is 2.39. The monoisotopic (exact) mass is 411 g/mol. The summed E-state index contributed by atoms with van der Waals surface area (Å²) in [5.74, 6) is 1.06. The van der Waals surface area contributed by atoms with Crippen molar-refractivity contribution in [1.82, 2.24) is 5.32 Å². The smallest absolute Gasteiger partial charge is 0.326 e. The van der Waals surface area contributed by atoms with Crippen LogP contribution < -0.4 is 5.32 Å². The summed E-state index contributed by atoms with van der Waals surface area (Å²) in [6.07, 6.45) is 6.54. The molecule has 0 aliphatic rings. The van der Waals surface area contributed by atoms with Gasteiger partial charge >= 0.3 is 5.97 Å². The number of benzene rings is 3. The highest BCUT2D eigenvalue weighted by atomic mass is 16.4. The van der Waals surface area contributed by atoms with Crippen LogP contribution in [0, 0.1) is 12.3 Å². The molecule has 3 aromatic carbocycles. The van der Waals surface area contributed by atoms with E-state index in [1.807, 2.05) is 91.0 Å². The van der Waals surface area contributed by atoms with Gasteiger partial charge in [0, 0.05) is 6.42 Å². The minimum atomic E-state index is -1.20. The Morgan fingerprint density at radius 2 is 1.26 bits per heavy atom. The molecule has 0 spiro atoms. The first-order valence-corrected chi connectivity index (χ1v) is 10.2. The quantitative estimate of drug-likeness (QED) is 0.312. The molecule has 0 fully saturated rings. The van der Waals surface area contributed by atoms with Crippen LogP contribution in [-0.4, -0.2) is 23.0 Å². The first-order valence-electron chi connectivity index (χ1n) is 10.2. The predicted molar refractivity (Wildman–Crippen MR) is 121 cm³/mol. The Hall–Kier alpha value is -3.84. The van der Waals surface area contributed by atoms with Crippen molar-refractivity contribution >= 4 is 11.9 Å². The van der Waals surface area contributed by atoms with E-state index in [0.717, 1.165) is 16.7 Å². The number of hydrogen-bond donors (Lipinski definition) is 2. The van der Waals surface area contributed by atoms with Crippen LogP contribution in [0.15, 0.2) is 91.0 Å². The highest BCUT2D eigenvalue weighted by Gasteiger charge is 2.44. The van der Waals surface area contributed by atoms with Gasteiger partial charge in [0.2, 0.25) is 5.91 Å². The Morgan fingerprint density at radius 3 is 1.61 bits per heavy atom. The molecule has 0 aliphatic carbocycles. The van der Waals surface area contributed by atoms with E-state index < -0.39 is 17.4 Å². The fraction of sp³-hybridized carbons (Fsp3) is 0.185. The van der Waals surface area contributed by atoms with Gasteiger partial charge in [-0.25, -0.2) is 4.79 Å². The van der Waals surface area contributed by atoms with E-state index in [9.17, 15) is 14.7 Å². The van der Waals surface area contributed by atoms with Gasteiger partial charge in [0.05, 0.1) is 0 Å². The Balaban J connectivity index is 2.17. The van der Waals surface area contributed by atoms with Gasteiger partial charge in [0.25, 0.3) is 0 Å². The molecule has 0 saturated heterocycles. The minimum Gasteiger partial charge on any atom is -0.480 e. The minimum absolute atomic E-state index is 0.264. The zero-order valence-electron chi connectivity index (χ0n) is 17.2. The number of carbonyl (C=O) groups excluding carboxylic acids is 1. The number of unbranched alkanes of at least 4 members (excludes halogenated alkanes) is 1. The van der Waals surface area contributed by atoms with Crippen LogP contribution in [0.4, 0.5) is 0 Å². The van der Waals surface area contributed by atoms with Crippen LogP contribution >= 0.6 is 0 Å². The van der Waals surface area contributed by atoms with E-state index in [2.05, 4.69) is 11.2 Å². The lowest BCUT2D eigenvalue weighted by Crippen LogP contribution is -2.51. The topological polar surface area (TPSA) is 66.4 Å². The molecule has 156 valence electrons. The molecule has 0 unspecified atom stereocenters. The standard InChI is InChI=1S/C27H25NO3/c1-2-3-7-20-24(25(29)30)28-26(31)27(21-14-8-4-9-15-21,22-16-10-5-11-17-22)23-18-12-6-13-19-23/h1,4-6,8-19,24H,3,7,20H2,(H,28,31)(H,29,30)/t24-/m1/s1. The molecular weight excluding hydrogens is 386 g/mol. The fourth-order valence-corrected chi connectivity index (χ4v) is 3.89. The Kier molecular flexibility index (Phi) is 7.24. The van der Waals surface area contributed by atoms with Crippen molar-refractivity contribution in [3.05, 3.63) is 108 Å². The van der Waals surface area contributed by atoms with Crippen molar-refractivity contribution in [1.29, 1.82) is 0 Å². The number of amides is 1. The number of nitrogens with one attached hydrogen (secondary N) is 1. The maximum Gasteiger partial charge on any atom is 0.326 e. The Labute approximate surface area is 182 Å².